The predicted octanol–water partition coefficient (Wildman–Crippen LogP) is 2.39. The Kier molecular flexibility index (Phi) is 2.38. The first kappa shape index (κ1) is 8.78. The number of ether oxygens (including phenoxy) is 1. The highest BCUT2D eigenvalue weighted by Crippen LogP contribution is 2.32. The molecule has 0 saturated carbocycles. The summed E-state index contributed by atoms with van der Waals surface area (Å²) in [5.74, 6) is 0.451. The van der Waals surface area contributed by atoms with E-state index in [0.717, 1.165) is 12.0 Å². The molecule has 1 N–H and O–H groups in total. The summed E-state index contributed by atoms with van der Waals surface area (Å²) >= 11 is 5.53. The second-order valence-corrected chi connectivity index (χ2v) is 3.20. The summed E-state index contributed by atoms with van der Waals surface area (Å²) in [6, 6.07) is 4.45. The number of nitrogens with one attached hydrogen (secondary N) is 1. The van der Waals surface area contributed by atoms with Crippen LogP contribution in [0.25, 0.3) is 0 Å². The van der Waals surface area contributed by atoms with E-state index in [1.54, 1.807) is 6.07 Å². The summed E-state index contributed by atoms with van der Waals surface area (Å²) in [5.41, 5.74) is 0.793. The van der Waals surface area contributed by atoms with Gasteiger partial charge < -0.3 is 4.74 Å². The van der Waals surface area contributed by atoms with Crippen LogP contribution in [-0.2, 0) is 0 Å². The quantitative estimate of drug-likeness (QED) is 0.705. The standard InChI is InChI=1S/C9H9ClFNO/c10-12-8-3-4-13-9-2-1-6(11)5-7(8)9/h1-2,5,8,12H,3-4H2/t8-/m1/s1. The van der Waals surface area contributed by atoms with E-state index in [1.165, 1.54) is 12.1 Å². The fourth-order valence-corrected chi connectivity index (χ4v) is 1.71. The number of hydrogen-bond acceptors (Lipinski definition) is 2. The zero-order chi connectivity index (χ0) is 9.26. The zero-order valence-electron chi connectivity index (χ0n) is 6.89. The van der Waals surface area contributed by atoms with Crippen molar-refractivity contribution in [1.82, 2.24) is 4.84 Å². The van der Waals surface area contributed by atoms with Gasteiger partial charge in [-0.3, -0.25) is 0 Å². The third-order valence-corrected chi connectivity index (χ3v) is 2.41. The summed E-state index contributed by atoms with van der Waals surface area (Å²) in [5, 5.41) is 0. The molecule has 13 heavy (non-hydrogen) atoms. The molecule has 1 heterocycles. The van der Waals surface area contributed by atoms with Crippen molar-refractivity contribution in [1.29, 1.82) is 0 Å². The van der Waals surface area contributed by atoms with E-state index >= 15 is 0 Å². The fourth-order valence-electron chi connectivity index (χ4n) is 1.48. The van der Waals surface area contributed by atoms with Crippen molar-refractivity contribution in [2.45, 2.75) is 12.5 Å². The third-order valence-electron chi connectivity index (χ3n) is 2.14. The van der Waals surface area contributed by atoms with Crippen LogP contribution in [0.1, 0.15) is 18.0 Å². The van der Waals surface area contributed by atoms with Gasteiger partial charge in [-0.05, 0) is 30.0 Å². The summed E-state index contributed by atoms with van der Waals surface area (Å²) in [6.45, 7) is 0.614. The molecule has 1 atom stereocenters. The van der Waals surface area contributed by atoms with E-state index in [-0.39, 0.29) is 11.9 Å². The van der Waals surface area contributed by atoms with Gasteiger partial charge in [0.25, 0.3) is 0 Å². The van der Waals surface area contributed by atoms with Crippen LogP contribution < -0.4 is 9.57 Å². The molecule has 0 radical (unpaired) electrons. The predicted molar refractivity (Wildman–Crippen MR) is 48.2 cm³/mol. The monoisotopic (exact) mass is 201 g/mol. The van der Waals surface area contributed by atoms with Gasteiger partial charge in [-0.1, -0.05) is 0 Å². The Morgan fingerprint density at radius 1 is 1.54 bits per heavy atom. The van der Waals surface area contributed by atoms with Crippen molar-refractivity contribution in [2.24, 2.45) is 0 Å². The lowest BCUT2D eigenvalue weighted by Crippen LogP contribution is -2.21. The normalized spacial score (nSPS) is 20.6. The Morgan fingerprint density at radius 2 is 2.38 bits per heavy atom. The molecular formula is C9H9ClFNO. The Morgan fingerprint density at radius 3 is 3.15 bits per heavy atom. The molecule has 0 fully saturated rings. The Bertz CT molecular complexity index is 318. The number of halogens is 2. The van der Waals surface area contributed by atoms with E-state index in [2.05, 4.69) is 4.84 Å². The first-order valence-electron chi connectivity index (χ1n) is 4.09. The fraction of sp³-hybridized carbons (Fsp3) is 0.333. The third kappa shape index (κ3) is 1.62. The largest absolute Gasteiger partial charge is 0.493 e. The van der Waals surface area contributed by atoms with E-state index in [9.17, 15) is 4.39 Å². The van der Waals surface area contributed by atoms with E-state index in [1.807, 2.05) is 0 Å². The molecule has 0 saturated heterocycles. The first-order valence-corrected chi connectivity index (χ1v) is 4.47. The second-order valence-electron chi connectivity index (χ2n) is 2.98. The first-order chi connectivity index (χ1) is 6.31. The molecule has 1 aliphatic heterocycles. The van der Waals surface area contributed by atoms with Crippen molar-refractivity contribution >= 4 is 11.8 Å². The highest BCUT2D eigenvalue weighted by Gasteiger charge is 2.20. The SMILES string of the molecule is Fc1ccc2c(c1)[C@H](NCl)CCO2. The molecular weight excluding hydrogens is 193 g/mol. The minimum Gasteiger partial charge on any atom is -0.493 e. The minimum absolute atomic E-state index is 0.0129. The maximum atomic E-state index is 12.9. The maximum absolute atomic E-state index is 12.9. The molecule has 2 nitrogen and oxygen atoms in total. The molecule has 70 valence electrons. The summed E-state index contributed by atoms with van der Waals surface area (Å²) in [7, 11) is 0. The number of benzene rings is 1. The second kappa shape index (κ2) is 3.52. The number of fused-ring (bicyclic) bond motifs is 1. The summed E-state index contributed by atoms with van der Waals surface area (Å²) in [4.78, 5) is 2.61. The lowest BCUT2D eigenvalue weighted by molar-refractivity contribution is 0.263. The van der Waals surface area contributed by atoms with Crippen molar-refractivity contribution in [2.75, 3.05) is 6.61 Å². The van der Waals surface area contributed by atoms with Crippen LogP contribution in [0.15, 0.2) is 18.2 Å². The van der Waals surface area contributed by atoms with Gasteiger partial charge in [0, 0.05) is 12.0 Å². The molecule has 1 aromatic carbocycles. The van der Waals surface area contributed by atoms with Crippen molar-refractivity contribution in [3.05, 3.63) is 29.6 Å². The Balaban J connectivity index is 2.41. The van der Waals surface area contributed by atoms with E-state index in [4.69, 9.17) is 16.5 Å². The van der Waals surface area contributed by atoms with Crippen LogP contribution in [0.3, 0.4) is 0 Å². The Hall–Kier alpha value is -0.800. The average Bonchev–Trinajstić information content (AvgIpc) is 2.17. The van der Waals surface area contributed by atoms with Crippen LogP contribution in [0.5, 0.6) is 5.75 Å². The van der Waals surface area contributed by atoms with Crippen LogP contribution in [0, 0.1) is 5.82 Å². The van der Waals surface area contributed by atoms with Crippen LogP contribution in [0.4, 0.5) is 4.39 Å². The lowest BCUT2D eigenvalue weighted by Gasteiger charge is -2.24. The highest BCUT2D eigenvalue weighted by atomic mass is 35.5. The average molecular weight is 202 g/mol. The number of rotatable bonds is 1. The molecule has 0 spiro atoms. The van der Waals surface area contributed by atoms with Gasteiger partial charge in [0.2, 0.25) is 0 Å². The smallest absolute Gasteiger partial charge is 0.124 e. The number of hydrogen-bond donors (Lipinski definition) is 1. The molecule has 1 aliphatic rings. The molecule has 0 aromatic heterocycles. The molecule has 1 aromatic rings. The van der Waals surface area contributed by atoms with Crippen molar-refractivity contribution < 1.29 is 9.13 Å². The van der Waals surface area contributed by atoms with Crippen molar-refractivity contribution in [3.8, 4) is 5.75 Å². The lowest BCUT2D eigenvalue weighted by atomic mass is 10.0. The molecule has 2 rings (SSSR count). The van der Waals surface area contributed by atoms with Gasteiger partial charge in [0.1, 0.15) is 11.6 Å². The van der Waals surface area contributed by atoms with Crippen LogP contribution in [0.2, 0.25) is 0 Å². The van der Waals surface area contributed by atoms with E-state index < -0.39 is 0 Å². The van der Waals surface area contributed by atoms with Gasteiger partial charge in [-0.25, -0.2) is 9.23 Å². The van der Waals surface area contributed by atoms with Crippen molar-refractivity contribution in [3.63, 3.8) is 0 Å². The molecule has 0 bridgehead atoms. The van der Waals surface area contributed by atoms with Crippen LogP contribution in [-0.4, -0.2) is 6.61 Å². The van der Waals surface area contributed by atoms with Gasteiger partial charge in [0.05, 0.1) is 12.6 Å². The topological polar surface area (TPSA) is 21.3 Å². The maximum Gasteiger partial charge on any atom is 0.124 e. The summed E-state index contributed by atoms with van der Waals surface area (Å²) in [6.07, 6.45) is 0.764. The van der Waals surface area contributed by atoms with Gasteiger partial charge in [-0.15, -0.1) is 0 Å². The van der Waals surface area contributed by atoms with Gasteiger partial charge in [-0.2, -0.15) is 0 Å². The van der Waals surface area contributed by atoms with E-state index in [0.29, 0.717) is 12.4 Å². The zero-order valence-corrected chi connectivity index (χ0v) is 7.64. The Labute approximate surface area is 80.8 Å². The van der Waals surface area contributed by atoms with Gasteiger partial charge >= 0.3 is 0 Å². The molecule has 0 amide bonds. The molecule has 4 heteroatoms. The minimum atomic E-state index is -0.263. The molecule has 0 aliphatic carbocycles. The summed E-state index contributed by atoms with van der Waals surface area (Å²) < 4.78 is 18.2. The molecule has 0 unspecified atom stereocenters. The highest BCUT2D eigenvalue weighted by molar-refractivity contribution is 6.13. The van der Waals surface area contributed by atoms with Gasteiger partial charge in [0.15, 0.2) is 0 Å². The van der Waals surface area contributed by atoms with Crippen LogP contribution >= 0.6 is 11.8 Å².